The predicted octanol–water partition coefficient (Wildman–Crippen LogP) is 4.07. The third-order valence-corrected chi connectivity index (χ3v) is 5.19. The van der Waals surface area contributed by atoms with Crippen LogP contribution in [0.15, 0.2) is 65.8 Å². The van der Waals surface area contributed by atoms with Crippen LogP contribution in [-0.4, -0.2) is 18.4 Å². The lowest BCUT2D eigenvalue weighted by Gasteiger charge is -2.16. The van der Waals surface area contributed by atoms with Crippen LogP contribution in [0.4, 0.5) is 11.4 Å². The molecule has 140 valence electrons. The normalized spacial score (nSPS) is 12.4. The van der Waals surface area contributed by atoms with Crippen molar-refractivity contribution >= 4 is 21.4 Å². The van der Waals surface area contributed by atoms with Crippen molar-refractivity contribution in [3.05, 3.63) is 77.6 Å². The first-order chi connectivity index (χ1) is 12.8. The smallest absolute Gasteiger partial charge is 0.297 e. The van der Waals surface area contributed by atoms with Crippen LogP contribution in [0, 0.1) is 13.8 Å². The van der Waals surface area contributed by atoms with Gasteiger partial charge in [-0.3, -0.25) is 4.72 Å². The summed E-state index contributed by atoms with van der Waals surface area (Å²) in [5.41, 5.74) is 3.75. The SMILES string of the molecule is Cc1cc(C)nc(S(=O)(=O)Nc2ccc(NC(C)c3ccccc3)cc2)n1. The van der Waals surface area contributed by atoms with E-state index in [0.29, 0.717) is 17.1 Å². The molecule has 0 fully saturated rings. The molecule has 0 aliphatic carbocycles. The van der Waals surface area contributed by atoms with Crippen LogP contribution in [-0.2, 0) is 10.0 Å². The van der Waals surface area contributed by atoms with E-state index in [1.165, 1.54) is 5.56 Å². The van der Waals surface area contributed by atoms with Crippen LogP contribution in [0.1, 0.15) is 29.9 Å². The van der Waals surface area contributed by atoms with Crippen LogP contribution >= 0.6 is 0 Å². The van der Waals surface area contributed by atoms with E-state index >= 15 is 0 Å². The minimum absolute atomic E-state index is 0.136. The molecule has 0 amide bonds. The van der Waals surface area contributed by atoms with Crippen LogP contribution in [0.25, 0.3) is 0 Å². The number of rotatable bonds is 6. The maximum Gasteiger partial charge on any atom is 0.297 e. The Hall–Kier alpha value is -2.93. The monoisotopic (exact) mass is 382 g/mol. The third kappa shape index (κ3) is 4.83. The standard InChI is InChI=1S/C20H22N4O2S/c1-14-13-15(2)22-20(21-14)27(25,26)24-19-11-9-18(10-12-19)23-16(3)17-7-5-4-6-8-17/h4-13,16,23-24H,1-3H3. The summed E-state index contributed by atoms with van der Waals surface area (Å²) < 4.78 is 27.5. The van der Waals surface area contributed by atoms with Gasteiger partial charge in [-0.25, -0.2) is 9.97 Å². The van der Waals surface area contributed by atoms with E-state index in [9.17, 15) is 8.42 Å². The number of sulfonamides is 1. The Labute approximate surface area is 159 Å². The molecule has 3 aromatic rings. The van der Waals surface area contributed by atoms with Gasteiger partial charge in [0, 0.05) is 28.8 Å². The lowest BCUT2D eigenvalue weighted by Crippen LogP contribution is -2.17. The number of benzene rings is 2. The van der Waals surface area contributed by atoms with E-state index in [4.69, 9.17) is 0 Å². The Kier molecular flexibility index (Phi) is 5.41. The number of hydrogen-bond acceptors (Lipinski definition) is 5. The van der Waals surface area contributed by atoms with Gasteiger partial charge in [0.25, 0.3) is 15.2 Å². The molecule has 27 heavy (non-hydrogen) atoms. The van der Waals surface area contributed by atoms with Crippen molar-refractivity contribution in [1.82, 2.24) is 9.97 Å². The molecule has 1 atom stereocenters. The molecule has 7 heteroatoms. The van der Waals surface area contributed by atoms with Crippen molar-refractivity contribution in [2.45, 2.75) is 32.0 Å². The van der Waals surface area contributed by atoms with Gasteiger partial charge in [0.2, 0.25) is 0 Å². The Morgan fingerprint density at radius 1 is 0.852 bits per heavy atom. The van der Waals surface area contributed by atoms with E-state index in [1.54, 1.807) is 32.0 Å². The van der Waals surface area contributed by atoms with Crippen molar-refractivity contribution in [3.8, 4) is 0 Å². The summed E-state index contributed by atoms with van der Waals surface area (Å²) in [4.78, 5) is 8.04. The number of nitrogens with one attached hydrogen (secondary N) is 2. The van der Waals surface area contributed by atoms with Crippen molar-refractivity contribution in [1.29, 1.82) is 0 Å². The van der Waals surface area contributed by atoms with Gasteiger partial charge >= 0.3 is 0 Å². The number of hydrogen-bond donors (Lipinski definition) is 2. The molecule has 0 aliphatic rings. The lowest BCUT2D eigenvalue weighted by molar-refractivity contribution is 0.591. The van der Waals surface area contributed by atoms with Gasteiger partial charge in [0.15, 0.2) is 0 Å². The molecule has 0 bridgehead atoms. The second kappa shape index (κ2) is 7.75. The van der Waals surface area contributed by atoms with E-state index in [0.717, 1.165) is 5.69 Å². The predicted molar refractivity (Wildman–Crippen MR) is 107 cm³/mol. The quantitative estimate of drug-likeness (QED) is 0.628. The minimum atomic E-state index is -3.83. The van der Waals surface area contributed by atoms with Crippen molar-refractivity contribution in [3.63, 3.8) is 0 Å². The fourth-order valence-electron chi connectivity index (χ4n) is 2.72. The molecule has 2 aromatic carbocycles. The van der Waals surface area contributed by atoms with Crippen LogP contribution < -0.4 is 10.0 Å². The fourth-order valence-corrected chi connectivity index (χ4v) is 3.79. The molecular formula is C20H22N4O2S. The molecule has 1 unspecified atom stereocenters. The maximum absolute atomic E-state index is 12.5. The molecule has 3 rings (SSSR count). The van der Waals surface area contributed by atoms with Crippen molar-refractivity contribution < 1.29 is 8.42 Å². The molecular weight excluding hydrogens is 360 g/mol. The van der Waals surface area contributed by atoms with Gasteiger partial charge in [0.05, 0.1) is 0 Å². The van der Waals surface area contributed by atoms with Gasteiger partial charge in [-0.05, 0) is 56.7 Å². The summed E-state index contributed by atoms with van der Waals surface area (Å²) in [6.07, 6.45) is 0. The second-order valence-electron chi connectivity index (χ2n) is 6.39. The van der Waals surface area contributed by atoms with E-state index < -0.39 is 10.0 Å². The minimum Gasteiger partial charge on any atom is -0.379 e. The van der Waals surface area contributed by atoms with E-state index in [-0.39, 0.29) is 11.2 Å². The maximum atomic E-state index is 12.5. The highest BCUT2D eigenvalue weighted by atomic mass is 32.2. The molecule has 1 aromatic heterocycles. The highest BCUT2D eigenvalue weighted by Gasteiger charge is 2.18. The summed E-state index contributed by atoms with van der Waals surface area (Å²) in [5.74, 6) is 0. The van der Waals surface area contributed by atoms with Crippen LogP contribution in [0.2, 0.25) is 0 Å². The highest BCUT2D eigenvalue weighted by molar-refractivity contribution is 7.92. The van der Waals surface area contributed by atoms with Crippen molar-refractivity contribution in [2.24, 2.45) is 0 Å². The fraction of sp³-hybridized carbons (Fsp3) is 0.200. The molecule has 0 aliphatic heterocycles. The Morgan fingerprint density at radius 3 is 2.00 bits per heavy atom. The van der Waals surface area contributed by atoms with E-state index in [2.05, 4.69) is 39.1 Å². The zero-order valence-electron chi connectivity index (χ0n) is 15.5. The molecule has 6 nitrogen and oxygen atoms in total. The van der Waals surface area contributed by atoms with Gasteiger partial charge in [-0.1, -0.05) is 30.3 Å². The molecule has 0 radical (unpaired) electrons. The zero-order chi connectivity index (χ0) is 19.4. The average Bonchev–Trinajstić information content (AvgIpc) is 2.63. The summed E-state index contributed by atoms with van der Waals surface area (Å²) >= 11 is 0. The largest absolute Gasteiger partial charge is 0.379 e. The number of aromatic nitrogens is 2. The summed E-state index contributed by atoms with van der Waals surface area (Å²) in [6.45, 7) is 5.55. The van der Waals surface area contributed by atoms with E-state index in [1.807, 2.05) is 30.3 Å². The zero-order valence-corrected chi connectivity index (χ0v) is 16.3. The molecule has 0 saturated heterocycles. The van der Waals surface area contributed by atoms with Gasteiger partial charge < -0.3 is 5.32 Å². The lowest BCUT2D eigenvalue weighted by atomic mass is 10.1. The number of anilines is 2. The average molecular weight is 382 g/mol. The molecule has 0 spiro atoms. The summed E-state index contributed by atoms with van der Waals surface area (Å²) in [7, 11) is -3.83. The molecule has 1 heterocycles. The topological polar surface area (TPSA) is 84.0 Å². The summed E-state index contributed by atoms with van der Waals surface area (Å²) in [6, 6.07) is 19.1. The molecule has 2 N–H and O–H groups in total. The van der Waals surface area contributed by atoms with Crippen LogP contribution in [0.5, 0.6) is 0 Å². The number of nitrogens with zero attached hydrogens (tertiary/aromatic N) is 2. The highest BCUT2D eigenvalue weighted by Crippen LogP contribution is 2.21. The number of aryl methyl sites for hydroxylation is 2. The van der Waals surface area contributed by atoms with Gasteiger partial charge in [0.1, 0.15) is 0 Å². The molecule has 0 saturated carbocycles. The first-order valence-electron chi connectivity index (χ1n) is 8.60. The van der Waals surface area contributed by atoms with Gasteiger partial charge in [-0.2, -0.15) is 8.42 Å². The first kappa shape index (κ1) is 18.8. The Balaban J connectivity index is 1.72. The summed E-state index contributed by atoms with van der Waals surface area (Å²) in [5, 5.41) is 3.17. The first-order valence-corrected chi connectivity index (χ1v) is 10.1. The van der Waals surface area contributed by atoms with Gasteiger partial charge in [-0.15, -0.1) is 0 Å². The second-order valence-corrected chi connectivity index (χ2v) is 7.97. The Morgan fingerprint density at radius 2 is 1.41 bits per heavy atom. The Bertz CT molecular complexity index is 999. The third-order valence-electron chi connectivity index (χ3n) is 4.02. The van der Waals surface area contributed by atoms with Crippen LogP contribution in [0.3, 0.4) is 0 Å². The van der Waals surface area contributed by atoms with Crippen molar-refractivity contribution in [2.75, 3.05) is 10.0 Å².